The van der Waals surface area contributed by atoms with Crippen molar-refractivity contribution in [1.82, 2.24) is 0 Å². The third-order valence-electron chi connectivity index (χ3n) is 5.86. The van der Waals surface area contributed by atoms with Crippen molar-refractivity contribution in [2.75, 3.05) is 26.4 Å². The van der Waals surface area contributed by atoms with E-state index < -0.39 is 23.9 Å². The summed E-state index contributed by atoms with van der Waals surface area (Å²) in [4.78, 5) is 47.1. The van der Waals surface area contributed by atoms with Crippen molar-refractivity contribution in [1.29, 1.82) is 0 Å². The molecule has 0 saturated carbocycles. The molecule has 10 nitrogen and oxygen atoms in total. The zero-order chi connectivity index (χ0) is 33.6. The van der Waals surface area contributed by atoms with Crippen LogP contribution in [0.15, 0.2) is 98.1 Å². The minimum Gasteiger partial charge on any atom is -0.494 e. The molecule has 3 rings (SSSR count). The Labute approximate surface area is 269 Å². The van der Waals surface area contributed by atoms with Crippen LogP contribution in [0, 0.1) is 0 Å². The number of hydrogen-bond donors (Lipinski definition) is 0. The van der Waals surface area contributed by atoms with Crippen LogP contribution >= 0.6 is 0 Å². The van der Waals surface area contributed by atoms with Crippen LogP contribution in [0.1, 0.15) is 60.2 Å². The van der Waals surface area contributed by atoms with E-state index in [1.165, 1.54) is 24.3 Å². The highest BCUT2D eigenvalue weighted by Crippen LogP contribution is 2.21. The SMILES string of the molecule is C=CC(=O)OCCCCOc1ccc(C(=O)Oc2ccc(OC(=O)c3ccc(OCCCCOC(=O)C=C)cc3)cc2)cc1.CC. The maximum Gasteiger partial charge on any atom is 0.343 e. The summed E-state index contributed by atoms with van der Waals surface area (Å²) >= 11 is 0. The summed E-state index contributed by atoms with van der Waals surface area (Å²) in [7, 11) is 0. The van der Waals surface area contributed by atoms with Crippen molar-refractivity contribution in [3.8, 4) is 23.0 Å². The fourth-order valence-corrected chi connectivity index (χ4v) is 3.53. The molecule has 0 unspecified atom stereocenters. The van der Waals surface area contributed by atoms with Crippen LogP contribution in [-0.2, 0) is 19.1 Å². The van der Waals surface area contributed by atoms with Gasteiger partial charge in [-0.1, -0.05) is 27.0 Å². The van der Waals surface area contributed by atoms with Crippen molar-refractivity contribution < 1.29 is 47.6 Å². The molecule has 10 heteroatoms. The van der Waals surface area contributed by atoms with Gasteiger partial charge >= 0.3 is 23.9 Å². The average Bonchev–Trinajstić information content (AvgIpc) is 3.09. The zero-order valence-electron chi connectivity index (χ0n) is 26.2. The molecule has 3 aromatic rings. The van der Waals surface area contributed by atoms with Gasteiger partial charge in [-0.15, -0.1) is 0 Å². The summed E-state index contributed by atoms with van der Waals surface area (Å²) in [5.74, 6) is -0.242. The number of esters is 4. The Morgan fingerprint density at radius 1 is 0.500 bits per heavy atom. The predicted molar refractivity (Wildman–Crippen MR) is 172 cm³/mol. The Bertz CT molecular complexity index is 1290. The second-order valence-corrected chi connectivity index (χ2v) is 9.15. The van der Waals surface area contributed by atoms with Gasteiger partial charge < -0.3 is 28.4 Å². The lowest BCUT2D eigenvalue weighted by Gasteiger charge is -2.09. The molecule has 0 amide bonds. The molecule has 0 aliphatic heterocycles. The summed E-state index contributed by atoms with van der Waals surface area (Å²) in [5.41, 5.74) is 0.677. The standard InChI is InChI=1S/C34H34O10.C2H6/c1-3-31(35)41-23-7-5-21-39-27-13-9-25(10-14-27)33(37)43-29-17-19-30(20-18-29)44-34(38)26-11-15-28(16-12-26)40-22-6-8-24-42-32(36)4-2;1-2/h3-4,9-20H,1-2,5-8,21-24H2;1-2H3. The second-order valence-electron chi connectivity index (χ2n) is 9.15. The maximum atomic E-state index is 12.5. The van der Waals surface area contributed by atoms with Crippen LogP contribution in [0.5, 0.6) is 23.0 Å². The fraction of sp³-hybridized carbons (Fsp3) is 0.278. The third-order valence-corrected chi connectivity index (χ3v) is 5.86. The Hall–Kier alpha value is -5.38. The van der Waals surface area contributed by atoms with Gasteiger partial charge in [0, 0.05) is 12.2 Å². The van der Waals surface area contributed by atoms with E-state index in [1.54, 1.807) is 48.5 Å². The van der Waals surface area contributed by atoms with Gasteiger partial charge in [-0.3, -0.25) is 0 Å². The van der Waals surface area contributed by atoms with Crippen LogP contribution in [0.2, 0.25) is 0 Å². The summed E-state index contributed by atoms with van der Waals surface area (Å²) in [6.07, 6.45) is 4.95. The lowest BCUT2D eigenvalue weighted by atomic mass is 10.2. The van der Waals surface area contributed by atoms with E-state index in [0.717, 1.165) is 12.2 Å². The summed E-state index contributed by atoms with van der Waals surface area (Å²) in [5, 5.41) is 0. The van der Waals surface area contributed by atoms with Crippen LogP contribution in [-0.4, -0.2) is 50.3 Å². The van der Waals surface area contributed by atoms with Gasteiger partial charge in [-0.25, -0.2) is 19.2 Å². The van der Waals surface area contributed by atoms with Crippen molar-refractivity contribution in [3.05, 3.63) is 109 Å². The predicted octanol–water partition coefficient (Wildman–Crippen LogP) is 6.93. The number of rotatable bonds is 18. The van der Waals surface area contributed by atoms with E-state index in [9.17, 15) is 19.2 Å². The number of carbonyl (C=O) groups is 4. The van der Waals surface area contributed by atoms with E-state index in [2.05, 4.69) is 13.2 Å². The van der Waals surface area contributed by atoms with Gasteiger partial charge in [-0.05, 0) is 98.5 Å². The molecule has 0 atom stereocenters. The molecule has 0 radical (unpaired) electrons. The Kier molecular flexibility index (Phi) is 17.1. The van der Waals surface area contributed by atoms with Gasteiger partial charge in [0.2, 0.25) is 0 Å². The summed E-state index contributed by atoms with van der Waals surface area (Å²) < 4.78 is 31.9. The van der Waals surface area contributed by atoms with Gasteiger partial charge in [0.25, 0.3) is 0 Å². The van der Waals surface area contributed by atoms with E-state index in [1.807, 2.05) is 13.8 Å². The summed E-state index contributed by atoms with van der Waals surface area (Å²) in [6, 6.07) is 19.2. The molecule has 0 aliphatic carbocycles. The zero-order valence-corrected chi connectivity index (χ0v) is 26.2. The Morgan fingerprint density at radius 2 is 0.804 bits per heavy atom. The first-order valence-corrected chi connectivity index (χ1v) is 15.0. The fourth-order valence-electron chi connectivity index (χ4n) is 3.53. The van der Waals surface area contributed by atoms with Crippen LogP contribution in [0.25, 0.3) is 0 Å². The van der Waals surface area contributed by atoms with Gasteiger partial charge in [-0.2, -0.15) is 0 Å². The van der Waals surface area contributed by atoms with Crippen LogP contribution < -0.4 is 18.9 Å². The van der Waals surface area contributed by atoms with Crippen LogP contribution in [0.4, 0.5) is 0 Å². The minimum atomic E-state index is -0.552. The molecule has 0 N–H and O–H groups in total. The van der Waals surface area contributed by atoms with Crippen molar-refractivity contribution in [3.63, 3.8) is 0 Å². The lowest BCUT2D eigenvalue weighted by Crippen LogP contribution is -2.10. The number of unbranched alkanes of at least 4 members (excludes halogenated alkanes) is 2. The van der Waals surface area contributed by atoms with Gasteiger partial charge in [0.05, 0.1) is 37.6 Å². The normalized spacial score (nSPS) is 9.87. The Balaban J connectivity index is 0.00000361. The second kappa shape index (κ2) is 21.3. The number of ether oxygens (including phenoxy) is 6. The van der Waals surface area contributed by atoms with Crippen molar-refractivity contribution in [2.45, 2.75) is 39.5 Å². The van der Waals surface area contributed by atoms with E-state index in [-0.39, 0.29) is 11.5 Å². The topological polar surface area (TPSA) is 124 Å². The third kappa shape index (κ3) is 13.9. The molecule has 0 bridgehead atoms. The highest BCUT2D eigenvalue weighted by molar-refractivity contribution is 5.92. The molecule has 0 spiro atoms. The highest BCUT2D eigenvalue weighted by atomic mass is 16.5. The molecule has 244 valence electrons. The van der Waals surface area contributed by atoms with Crippen molar-refractivity contribution >= 4 is 23.9 Å². The molecular formula is C36H40O10. The smallest absolute Gasteiger partial charge is 0.343 e. The molecule has 0 aromatic heterocycles. The summed E-state index contributed by atoms with van der Waals surface area (Å²) in [6.45, 7) is 12.1. The average molecular weight is 633 g/mol. The largest absolute Gasteiger partial charge is 0.494 e. The molecule has 3 aromatic carbocycles. The number of benzene rings is 3. The molecule has 0 saturated heterocycles. The minimum absolute atomic E-state index is 0.285. The molecule has 0 fully saturated rings. The van der Waals surface area contributed by atoms with Gasteiger partial charge in [0.1, 0.15) is 23.0 Å². The molecule has 0 heterocycles. The first-order chi connectivity index (χ1) is 22.4. The maximum absolute atomic E-state index is 12.5. The lowest BCUT2D eigenvalue weighted by molar-refractivity contribution is -0.138. The number of carbonyl (C=O) groups excluding carboxylic acids is 4. The molecule has 0 aliphatic rings. The van der Waals surface area contributed by atoms with E-state index in [4.69, 9.17) is 28.4 Å². The molecular weight excluding hydrogens is 592 g/mol. The van der Waals surface area contributed by atoms with E-state index in [0.29, 0.717) is 74.7 Å². The first kappa shape index (κ1) is 36.8. The Morgan fingerprint density at radius 3 is 1.13 bits per heavy atom. The van der Waals surface area contributed by atoms with Crippen LogP contribution in [0.3, 0.4) is 0 Å². The first-order valence-electron chi connectivity index (χ1n) is 15.0. The monoisotopic (exact) mass is 632 g/mol. The van der Waals surface area contributed by atoms with E-state index >= 15 is 0 Å². The highest BCUT2D eigenvalue weighted by Gasteiger charge is 2.12. The van der Waals surface area contributed by atoms with Gasteiger partial charge in [0.15, 0.2) is 0 Å². The number of hydrogen-bond acceptors (Lipinski definition) is 10. The van der Waals surface area contributed by atoms with Crippen molar-refractivity contribution in [2.24, 2.45) is 0 Å². The quantitative estimate of drug-likeness (QED) is 0.0631. The molecule has 46 heavy (non-hydrogen) atoms.